The van der Waals surface area contributed by atoms with Crippen molar-refractivity contribution in [3.8, 4) is 0 Å². The smallest absolute Gasteiger partial charge is 0.138 e. The standard InChI is InChI=1S/C11H19N3O/c1-2-6-14-11(12-8-13-14)7-9-4-3-5-10(9)15/h8-10,15H,2-7H2,1H3. The molecular formula is C11H19N3O. The van der Waals surface area contributed by atoms with Gasteiger partial charge >= 0.3 is 0 Å². The summed E-state index contributed by atoms with van der Waals surface area (Å²) < 4.78 is 1.96. The number of hydrogen-bond acceptors (Lipinski definition) is 3. The second-order valence-corrected chi connectivity index (χ2v) is 4.36. The summed E-state index contributed by atoms with van der Waals surface area (Å²) in [5, 5.41) is 13.9. The van der Waals surface area contributed by atoms with Crippen molar-refractivity contribution in [2.45, 2.75) is 51.7 Å². The molecule has 1 aromatic rings. The van der Waals surface area contributed by atoms with Crippen LogP contribution in [0.15, 0.2) is 6.33 Å². The first-order valence-corrected chi connectivity index (χ1v) is 5.86. The SMILES string of the molecule is CCCn1ncnc1CC1CCCC1O. The Morgan fingerprint density at radius 3 is 3.07 bits per heavy atom. The van der Waals surface area contributed by atoms with Crippen LogP contribution < -0.4 is 0 Å². The van der Waals surface area contributed by atoms with Gasteiger partial charge in [-0.2, -0.15) is 5.10 Å². The van der Waals surface area contributed by atoms with Crippen molar-refractivity contribution in [1.29, 1.82) is 0 Å². The molecule has 2 rings (SSSR count). The minimum Gasteiger partial charge on any atom is -0.393 e. The molecule has 0 bridgehead atoms. The van der Waals surface area contributed by atoms with E-state index in [0.29, 0.717) is 5.92 Å². The summed E-state index contributed by atoms with van der Waals surface area (Å²) in [6.07, 6.45) is 6.66. The molecule has 15 heavy (non-hydrogen) atoms. The number of hydrogen-bond donors (Lipinski definition) is 1. The van der Waals surface area contributed by atoms with Gasteiger partial charge in [0.1, 0.15) is 12.2 Å². The van der Waals surface area contributed by atoms with Crippen molar-refractivity contribution in [3.05, 3.63) is 12.2 Å². The van der Waals surface area contributed by atoms with Gasteiger partial charge < -0.3 is 5.11 Å². The van der Waals surface area contributed by atoms with Crippen molar-refractivity contribution in [2.24, 2.45) is 5.92 Å². The van der Waals surface area contributed by atoms with Gasteiger partial charge in [-0.3, -0.25) is 4.68 Å². The molecule has 0 aromatic carbocycles. The number of aliphatic hydroxyl groups excluding tert-OH is 1. The van der Waals surface area contributed by atoms with Gasteiger partial charge in [0.05, 0.1) is 6.10 Å². The van der Waals surface area contributed by atoms with Gasteiger partial charge in [0, 0.05) is 13.0 Å². The summed E-state index contributed by atoms with van der Waals surface area (Å²) in [7, 11) is 0. The summed E-state index contributed by atoms with van der Waals surface area (Å²) in [6, 6.07) is 0. The molecule has 0 saturated heterocycles. The van der Waals surface area contributed by atoms with Gasteiger partial charge in [0.15, 0.2) is 0 Å². The van der Waals surface area contributed by atoms with Crippen molar-refractivity contribution < 1.29 is 5.11 Å². The number of rotatable bonds is 4. The van der Waals surface area contributed by atoms with Crippen molar-refractivity contribution >= 4 is 0 Å². The molecule has 0 radical (unpaired) electrons. The Morgan fingerprint density at radius 1 is 1.53 bits per heavy atom. The van der Waals surface area contributed by atoms with E-state index < -0.39 is 0 Å². The van der Waals surface area contributed by atoms with E-state index >= 15 is 0 Å². The van der Waals surface area contributed by atoms with Gasteiger partial charge in [-0.25, -0.2) is 4.98 Å². The second kappa shape index (κ2) is 4.75. The van der Waals surface area contributed by atoms with Crippen LogP contribution >= 0.6 is 0 Å². The summed E-state index contributed by atoms with van der Waals surface area (Å²) in [4.78, 5) is 4.27. The molecular weight excluding hydrogens is 190 g/mol. The predicted molar refractivity (Wildman–Crippen MR) is 57.4 cm³/mol. The van der Waals surface area contributed by atoms with Crippen LogP contribution in [0.2, 0.25) is 0 Å². The third kappa shape index (κ3) is 2.37. The minimum absolute atomic E-state index is 0.128. The molecule has 0 spiro atoms. The number of aliphatic hydroxyl groups is 1. The second-order valence-electron chi connectivity index (χ2n) is 4.36. The number of nitrogens with zero attached hydrogens (tertiary/aromatic N) is 3. The normalized spacial score (nSPS) is 26.0. The fourth-order valence-corrected chi connectivity index (χ4v) is 2.33. The van der Waals surface area contributed by atoms with Gasteiger partial charge in [0.2, 0.25) is 0 Å². The van der Waals surface area contributed by atoms with Crippen LogP contribution in [0.3, 0.4) is 0 Å². The van der Waals surface area contributed by atoms with Gasteiger partial charge in [-0.05, 0) is 25.2 Å². The Morgan fingerprint density at radius 2 is 2.40 bits per heavy atom. The summed E-state index contributed by atoms with van der Waals surface area (Å²) in [5.41, 5.74) is 0. The van der Waals surface area contributed by atoms with Crippen molar-refractivity contribution in [2.75, 3.05) is 0 Å². The zero-order valence-electron chi connectivity index (χ0n) is 9.26. The van der Waals surface area contributed by atoms with Crippen LogP contribution in [0.4, 0.5) is 0 Å². The Bertz CT molecular complexity index is 311. The van der Waals surface area contributed by atoms with Crippen molar-refractivity contribution in [3.63, 3.8) is 0 Å². The van der Waals surface area contributed by atoms with E-state index in [9.17, 15) is 5.11 Å². The maximum absolute atomic E-state index is 9.75. The molecule has 1 saturated carbocycles. The monoisotopic (exact) mass is 209 g/mol. The zero-order chi connectivity index (χ0) is 10.7. The highest BCUT2D eigenvalue weighted by atomic mass is 16.3. The highest BCUT2D eigenvalue weighted by molar-refractivity contribution is 4.91. The highest BCUT2D eigenvalue weighted by Crippen LogP contribution is 2.28. The lowest BCUT2D eigenvalue weighted by atomic mass is 10.0. The van der Waals surface area contributed by atoms with Crippen LogP contribution in [0.5, 0.6) is 0 Å². The van der Waals surface area contributed by atoms with E-state index in [4.69, 9.17) is 0 Å². The van der Waals surface area contributed by atoms with E-state index in [1.54, 1.807) is 6.33 Å². The molecule has 1 aromatic heterocycles. The Hall–Kier alpha value is -0.900. The van der Waals surface area contributed by atoms with Gasteiger partial charge in [-0.15, -0.1) is 0 Å². The topological polar surface area (TPSA) is 50.9 Å². The zero-order valence-corrected chi connectivity index (χ0v) is 9.26. The summed E-state index contributed by atoms with van der Waals surface area (Å²) in [5.74, 6) is 1.42. The molecule has 1 fully saturated rings. The Kier molecular flexibility index (Phi) is 3.36. The highest BCUT2D eigenvalue weighted by Gasteiger charge is 2.26. The number of aromatic nitrogens is 3. The lowest BCUT2D eigenvalue weighted by Crippen LogP contribution is -2.18. The number of aryl methyl sites for hydroxylation is 1. The largest absolute Gasteiger partial charge is 0.393 e. The van der Waals surface area contributed by atoms with Crippen LogP contribution in [0.1, 0.15) is 38.4 Å². The third-order valence-electron chi connectivity index (χ3n) is 3.19. The molecule has 0 aliphatic heterocycles. The molecule has 1 heterocycles. The fourth-order valence-electron chi connectivity index (χ4n) is 2.33. The molecule has 84 valence electrons. The van der Waals surface area contributed by atoms with E-state index in [0.717, 1.165) is 44.5 Å². The molecule has 4 heteroatoms. The lowest BCUT2D eigenvalue weighted by Gasteiger charge is -2.13. The average molecular weight is 209 g/mol. The van der Waals surface area contributed by atoms with Crippen LogP contribution in [-0.4, -0.2) is 26.0 Å². The molecule has 1 aliphatic carbocycles. The maximum Gasteiger partial charge on any atom is 0.138 e. The van der Waals surface area contributed by atoms with Gasteiger partial charge in [0.25, 0.3) is 0 Å². The predicted octanol–water partition coefficient (Wildman–Crippen LogP) is 1.39. The van der Waals surface area contributed by atoms with E-state index in [1.807, 2.05) is 4.68 Å². The van der Waals surface area contributed by atoms with Gasteiger partial charge in [-0.1, -0.05) is 13.3 Å². The average Bonchev–Trinajstić information content (AvgIpc) is 2.80. The van der Waals surface area contributed by atoms with E-state index in [2.05, 4.69) is 17.0 Å². The van der Waals surface area contributed by atoms with E-state index in [1.165, 1.54) is 0 Å². The van der Waals surface area contributed by atoms with Crippen LogP contribution in [0, 0.1) is 5.92 Å². The molecule has 0 amide bonds. The van der Waals surface area contributed by atoms with E-state index in [-0.39, 0.29) is 6.10 Å². The molecule has 2 atom stereocenters. The molecule has 1 aliphatic rings. The first kappa shape index (κ1) is 10.6. The van der Waals surface area contributed by atoms with Crippen LogP contribution in [-0.2, 0) is 13.0 Å². The fraction of sp³-hybridized carbons (Fsp3) is 0.818. The molecule has 4 nitrogen and oxygen atoms in total. The summed E-state index contributed by atoms with van der Waals surface area (Å²) in [6.45, 7) is 3.06. The van der Waals surface area contributed by atoms with Crippen molar-refractivity contribution in [1.82, 2.24) is 14.8 Å². The quantitative estimate of drug-likeness (QED) is 0.815. The first-order chi connectivity index (χ1) is 7.31. The Labute approximate surface area is 90.3 Å². The summed E-state index contributed by atoms with van der Waals surface area (Å²) >= 11 is 0. The lowest BCUT2D eigenvalue weighted by molar-refractivity contribution is 0.131. The minimum atomic E-state index is -0.128. The molecule has 2 unspecified atom stereocenters. The molecule has 1 N–H and O–H groups in total. The first-order valence-electron chi connectivity index (χ1n) is 5.86. The Balaban J connectivity index is 2.00. The van der Waals surface area contributed by atoms with Crippen LogP contribution in [0.25, 0.3) is 0 Å². The third-order valence-corrected chi connectivity index (χ3v) is 3.19. The maximum atomic E-state index is 9.75.